The number of hydrogen-bond acceptors (Lipinski definition) is 6. The van der Waals surface area contributed by atoms with E-state index in [0.29, 0.717) is 5.56 Å². The van der Waals surface area contributed by atoms with Crippen LogP contribution in [0.1, 0.15) is 38.8 Å². The predicted octanol–water partition coefficient (Wildman–Crippen LogP) is 4.15. The molecule has 8 heteroatoms. The quantitative estimate of drug-likeness (QED) is 0.657. The Morgan fingerprint density at radius 1 is 1.03 bits per heavy atom. The monoisotopic (exact) mass is 435 g/mol. The van der Waals surface area contributed by atoms with Crippen LogP contribution >= 0.6 is 0 Å². The van der Waals surface area contributed by atoms with Crippen molar-refractivity contribution in [3.05, 3.63) is 59.7 Å². The molecule has 7 nitrogen and oxygen atoms in total. The van der Waals surface area contributed by atoms with Gasteiger partial charge in [-0.1, -0.05) is 29.8 Å². The third kappa shape index (κ3) is 6.47. The minimum atomic E-state index is -3.98. The average molecular weight is 436 g/mol. The molecule has 2 aromatic rings. The van der Waals surface area contributed by atoms with E-state index in [0.717, 1.165) is 5.56 Å². The number of nitrogens with one attached hydrogen (secondary N) is 1. The fourth-order valence-corrected chi connectivity index (χ4v) is 3.53. The summed E-state index contributed by atoms with van der Waals surface area (Å²) >= 11 is 0. The molecule has 1 amide bonds. The summed E-state index contributed by atoms with van der Waals surface area (Å²) in [5.74, 6) is 0.147. The molecule has 2 rings (SSSR count). The number of amides is 1. The van der Waals surface area contributed by atoms with Crippen molar-refractivity contribution in [1.82, 2.24) is 5.32 Å². The Morgan fingerprint density at radius 2 is 1.67 bits per heavy atom. The van der Waals surface area contributed by atoms with E-state index in [2.05, 4.69) is 5.32 Å². The van der Waals surface area contributed by atoms with Crippen molar-refractivity contribution < 1.29 is 26.9 Å². The van der Waals surface area contributed by atoms with Gasteiger partial charge in [0.1, 0.15) is 21.8 Å². The second kappa shape index (κ2) is 9.06. The van der Waals surface area contributed by atoms with Gasteiger partial charge >= 0.3 is 16.2 Å². The first-order valence-electron chi connectivity index (χ1n) is 9.48. The number of ether oxygens (including phenoxy) is 2. The van der Waals surface area contributed by atoms with Crippen LogP contribution in [0.15, 0.2) is 53.4 Å². The van der Waals surface area contributed by atoms with Crippen LogP contribution in [-0.2, 0) is 25.2 Å². The van der Waals surface area contributed by atoms with Crippen molar-refractivity contribution in [1.29, 1.82) is 0 Å². The minimum Gasteiger partial charge on any atom is -0.444 e. The Labute approximate surface area is 178 Å². The van der Waals surface area contributed by atoms with Crippen molar-refractivity contribution in [2.75, 3.05) is 13.7 Å². The predicted molar refractivity (Wildman–Crippen MR) is 114 cm³/mol. The van der Waals surface area contributed by atoms with E-state index in [4.69, 9.17) is 13.7 Å². The van der Waals surface area contributed by atoms with Gasteiger partial charge in [0.25, 0.3) is 0 Å². The molecule has 30 heavy (non-hydrogen) atoms. The molecule has 0 bridgehead atoms. The number of alkyl carbamates (subject to hydrolysis) is 1. The minimum absolute atomic E-state index is 0.0691. The second-order valence-corrected chi connectivity index (χ2v) is 9.72. The highest BCUT2D eigenvalue weighted by atomic mass is 32.2. The number of aryl methyl sites for hydroxylation is 1. The van der Waals surface area contributed by atoms with Gasteiger partial charge in [0.2, 0.25) is 0 Å². The number of methoxy groups -OCH3 is 1. The Morgan fingerprint density at radius 3 is 2.23 bits per heavy atom. The normalized spacial score (nSPS) is 13.9. The van der Waals surface area contributed by atoms with E-state index in [1.165, 1.54) is 19.2 Å². The Bertz CT molecular complexity index is 979. The van der Waals surface area contributed by atoms with Gasteiger partial charge in [-0.15, -0.1) is 0 Å². The van der Waals surface area contributed by atoms with Crippen LogP contribution in [0.25, 0.3) is 0 Å². The molecular formula is C22H29NO6S. The van der Waals surface area contributed by atoms with E-state index in [-0.39, 0.29) is 17.2 Å². The van der Waals surface area contributed by atoms with Gasteiger partial charge in [-0.25, -0.2) is 4.79 Å². The maximum absolute atomic E-state index is 12.6. The molecule has 0 aliphatic carbocycles. The molecule has 0 aliphatic heterocycles. The van der Waals surface area contributed by atoms with Crippen molar-refractivity contribution in [2.24, 2.45) is 0 Å². The van der Waals surface area contributed by atoms with Crippen molar-refractivity contribution in [3.63, 3.8) is 0 Å². The van der Waals surface area contributed by atoms with E-state index in [1.54, 1.807) is 64.1 Å². The first-order chi connectivity index (χ1) is 13.8. The molecule has 0 saturated carbocycles. The summed E-state index contributed by atoms with van der Waals surface area (Å²) in [5, 5.41) is 2.68. The van der Waals surface area contributed by atoms with Crippen LogP contribution in [0.3, 0.4) is 0 Å². The maximum Gasteiger partial charge on any atom is 0.407 e. The molecule has 0 spiro atoms. The summed E-state index contributed by atoms with van der Waals surface area (Å²) in [5.41, 5.74) is 0.0391. The number of carbonyl (C=O) groups excluding carboxylic acids is 1. The molecule has 1 unspecified atom stereocenters. The molecule has 0 fully saturated rings. The summed E-state index contributed by atoms with van der Waals surface area (Å²) in [6.07, 6.45) is -0.569. The molecule has 1 N–H and O–H groups in total. The highest BCUT2D eigenvalue weighted by Crippen LogP contribution is 2.28. The molecule has 164 valence electrons. The van der Waals surface area contributed by atoms with Gasteiger partial charge in [-0.3, -0.25) is 0 Å². The largest absolute Gasteiger partial charge is 0.444 e. The average Bonchev–Trinajstić information content (AvgIpc) is 2.65. The Kier molecular flexibility index (Phi) is 7.15. The second-order valence-electron chi connectivity index (χ2n) is 8.17. The number of hydrogen-bond donors (Lipinski definition) is 1. The summed E-state index contributed by atoms with van der Waals surface area (Å²) in [6, 6.07) is 13.0. The zero-order valence-corrected chi connectivity index (χ0v) is 19.0. The van der Waals surface area contributed by atoms with Gasteiger partial charge in [-0.2, -0.15) is 8.42 Å². The number of benzene rings is 2. The molecular weight excluding hydrogens is 406 g/mol. The van der Waals surface area contributed by atoms with Crippen LogP contribution in [0.4, 0.5) is 4.79 Å². The SMILES string of the molecule is COC(C)(CNC(=O)OC(C)(C)C)c1cccc(OS(=O)(=O)c2ccc(C)cc2)c1. The lowest BCUT2D eigenvalue weighted by Crippen LogP contribution is -2.42. The van der Waals surface area contributed by atoms with Gasteiger partial charge in [0.05, 0.1) is 6.54 Å². The zero-order valence-electron chi connectivity index (χ0n) is 18.2. The van der Waals surface area contributed by atoms with Gasteiger partial charge < -0.3 is 19.0 Å². The number of carbonyl (C=O) groups is 1. The lowest BCUT2D eigenvalue weighted by molar-refractivity contribution is -0.00297. The topological polar surface area (TPSA) is 90.9 Å². The van der Waals surface area contributed by atoms with Gasteiger partial charge in [0.15, 0.2) is 0 Å². The van der Waals surface area contributed by atoms with E-state index >= 15 is 0 Å². The molecule has 0 aromatic heterocycles. The van der Waals surface area contributed by atoms with Crippen LogP contribution in [0, 0.1) is 6.92 Å². The first kappa shape index (κ1) is 23.7. The molecule has 0 heterocycles. The molecule has 0 radical (unpaired) electrons. The van der Waals surface area contributed by atoms with Crippen molar-refractivity contribution in [3.8, 4) is 5.75 Å². The van der Waals surface area contributed by atoms with Crippen LogP contribution < -0.4 is 9.50 Å². The molecule has 2 aromatic carbocycles. The maximum atomic E-state index is 12.6. The molecule has 0 aliphatic rings. The summed E-state index contributed by atoms with van der Waals surface area (Å²) in [6.45, 7) is 9.09. The van der Waals surface area contributed by atoms with Crippen LogP contribution in [0.5, 0.6) is 5.75 Å². The highest BCUT2D eigenvalue weighted by molar-refractivity contribution is 7.87. The van der Waals surface area contributed by atoms with E-state index in [1.807, 2.05) is 6.92 Å². The van der Waals surface area contributed by atoms with E-state index < -0.39 is 27.4 Å². The molecule has 0 saturated heterocycles. The third-order valence-corrected chi connectivity index (χ3v) is 5.64. The number of rotatable bonds is 7. The standard InChI is InChI=1S/C22H29NO6S/c1-16-10-12-19(13-11-16)30(25,26)29-18-9-7-8-17(14-18)22(5,27-6)15-23-20(24)28-21(2,3)4/h7-14H,15H2,1-6H3,(H,23,24). The van der Waals surface area contributed by atoms with Crippen LogP contribution in [0.2, 0.25) is 0 Å². The summed E-state index contributed by atoms with van der Waals surface area (Å²) in [7, 11) is -2.47. The fourth-order valence-electron chi connectivity index (χ4n) is 2.60. The first-order valence-corrected chi connectivity index (χ1v) is 10.9. The van der Waals surface area contributed by atoms with Crippen LogP contribution in [-0.4, -0.2) is 33.8 Å². The van der Waals surface area contributed by atoms with Gasteiger partial charge in [0, 0.05) is 7.11 Å². The van der Waals surface area contributed by atoms with Crippen molar-refractivity contribution in [2.45, 2.75) is 50.7 Å². The lowest BCUT2D eigenvalue weighted by atomic mass is 9.95. The van der Waals surface area contributed by atoms with Gasteiger partial charge in [-0.05, 0) is 64.4 Å². The fraction of sp³-hybridized carbons (Fsp3) is 0.409. The summed E-state index contributed by atoms with van der Waals surface area (Å²) in [4.78, 5) is 12.1. The summed E-state index contributed by atoms with van der Waals surface area (Å²) < 4.78 is 41.3. The smallest absolute Gasteiger partial charge is 0.407 e. The highest BCUT2D eigenvalue weighted by Gasteiger charge is 2.29. The Hall–Kier alpha value is -2.58. The third-order valence-electron chi connectivity index (χ3n) is 4.38. The van der Waals surface area contributed by atoms with E-state index in [9.17, 15) is 13.2 Å². The Balaban J connectivity index is 2.19. The molecule has 1 atom stereocenters. The zero-order chi connectivity index (χ0) is 22.6. The lowest BCUT2D eigenvalue weighted by Gasteiger charge is -2.30. The van der Waals surface area contributed by atoms with Crippen molar-refractivity contribution >= 4 is 16.2 Å².